The van der Waals surface area contributed by atoms with Gasteiger partial charge in [-0.25, -0.2) is 4.79 Å². The average molecular weight is 416 g/mol. The van der Waals surface area contributed by atoms with Gasteiger partial charge < -0.3 is 19.7 Å². The number of nitrogens with zero attached hydrogens (tertiary/aromatic N) is 2. The SMILES string of the molecule is CCc1ccncc1CCC(=O)NCC1CC12CCN(C(=O)OC1(C)COC1)CC2. The van der Waals surface area contributed by atoms with Gasteiger partial charge in [0.15, 0.2) is 5.60 Å². The first kappa shape index (κ1) is 21.1. The molecule has 1 saturated carbocycles. The Balaban J connectivity index is 1.16. The fraction of sp³-hybridized carbons (Fsp3) is 0.696. The molecule has 1 aromatic rings. The van der Waals surface area contributed by atoms with Crippen molar-refractivity contribution in [3.8, 4) is 0 Å². The van der Waals surface area contributed by atoms with Gasteiger partial charge in [-0.2, -0.15) is 0 Å². The molecule has 7 heteroatoms. The van der Waals surface area contributed by atoms with E-state index in [1.807, 2.05) is 30.3 Å². The summed E-state index contributed by atoms with van der Waals surface area (Å²) in [5.74, 6) is 0.640. The van der Waals surface area contributed by atoms with Crippen LogP contribution in [0.15, 0.2) is 18.5 Å². The lowest BCUT2D eigenvalue weighted by Gasteiger charge is -2.40. The fourth-order valence-electron chi connectivity index (χ4n) is 4.79. The second-order valence-corrected chi connectivity index (χ2v) is 9.36. The highest BCUT2D eigenvalue weighted by Gasteiger charge is 2.55. The van der Waals surface area contributed by atoms with Gasteiger partial charge in [-0.1, -0.05) is 6.92 Å². The summed E-state index contributed by atoms with van der Waals surface area (Å²) in [5, 5.41) is 3.13. The molecule has 1 atom stereocenters. The molecular weight excluding hydrogens is 382 g/mol. The number of pyridine rings is 1. The van der Waals surface area contributed by atoms with Crippen LogP contribution in [0.4, 0.5) is 4.79 Å². The van der Waals surface area contributed by atoms with Crippen molar-refractivity contribution >= 4 is 12.0 Å². The highest BCUT2D eigenvalue weighted by atomic mass is 16.6. The van der Waals surface area contributed by atoms with Gasteiger partial charge in [0.25, 0.3) is 0 Å². The summed E-state index contributed by atoms with van der Waals surface area (Å²) < 4.78 is 10.7. The molecule has 3 heterocycles. The normalized spacial score (nSPS) is 23.5. The van der Waals surface area contributed by atoms with E-state index < -0.39 is 5.60 Å². The number of likely N-dealkylation sites (tertiary alicyclic amines) is 1. The van der Waals surface area contributed by atoms with Crippen molar-refractivity contribution in [2.45, 2.75) is 58.0 Å². The van der Waals surface area contributed by atoms with E-state index in [2.05, 4.69) is 17.2 Å². The zero-order chi connectivity index (χ0) is 21.2. The minimum Gasteiger partial charge on any atom is -0.438 e. The number of rotatable bonds is 7. The zero-order valence-corrected chi connectivity index (χ0v) is 18.1. The molecule has 2 saturated heterocycles. The van der Waals surface area contributed by atoms with Crippen LogP contribution in [0.25, 0.3) is 0 Å². The van der Waals surface area contributed by atoms with Crippen LogP contribution in [-0.2, 0) is 27.1 Å². The average Bonchev–Trinajstić information content (AvgIpc) is 3.41. The predicted octanol–water partition coefficient (Wildman–Crippen LogP) is 2.72. The molecule has 1 N–H and O–H groups in total. The summed E-state index contributed by atoms with van der Waals surface area (Å²) in [6, 6.07) is 2.03. The lowest BCUT2D eigenvalue weighted by molar-refractivity contribution is -0.172. The molecule has 4 rings (SSSR count). The number of hydrogen-bond donors (Lipinski definition) is 1. The molecule has 1 spiro atoms. The number of ether oxygens (including phenoxy) is 2. The number of carbonyl (C=O) groups excluding carboxylic acids is 2. The molecule has 0 radical (unpaired) electrons. The number of aryl methyl sites for hydroxylation is 2. The lowest BCUT2D eigenvalue weighted by atomic mass is 9.91. The Morgan fingerprint density at radius 3 is 2.73 bits per heavy atom. The van der Waals surface area contributed by atoms with Crippen LogP contribution in [-0.4, -0.2) is 60.3 Å². The molecule has 3 aliphatic rings. The van der Waals surface area contributed by atoms with Crippen molar-refractivity contribution in [3.05, 3.63) is 29.6 Å². The predicted molar refractivity (Wildman–Crippen MR) is 112 cm³/mol. The summed E-state index contributed by atoms with van der Waals surface area (Å²) in [4.78, 5) is 30.7. The molecule has 1 aliphatic carbocycles. The molecule has 1 unspecified atom stereocenters. The van der Waals surface area contributed by atoms with Crippen LogP contribution < -0.4 is 5.32 Å². The molecule has 30 heavy (non-hydrogen) atoms. The highest BCUT2D eigenvalue weighted by Crippen LogP contribution is 2.59. The van der Waals surface area contributed by atoms with Crippen LogP contribution in [0.5, 0.6) is 0 Å². The van der Waals surface area contributed by atoms with Crippen molar-refractivity contribution < 1.29 is 19.1 Å². The Morgan fingerprint density at radius 2 is 2.07 bits per heavy atom. The minimum atomic E-state index is -0.452. The molecule has 0 aromatic carbocycles. The van der Waals surface area contributed by atoms with E-state index >= 15 is 0 Å². The van der Waals surface area contributed by atoms with Crippen LogP contribution in [0.3, 0.4) is 0 Å². The van der Waals surface area contributed by atoms with Gasteiger partial charge in [0.05, 0.1) is 13.2 Å². The summed E-state index contributed by atoms with van der Waals surface area (Å²) in [6.45, 7) is 7.22. The van der Waals surface area contributed by atoms with Gasteiger partial charge in [0.2, 0.25) is 5.91 Å². The Morgan fingerprint density at radius 1 is 1.30 bits per heavy atom. The van der Waals surface area contributed by atoms with Crippen molar-refractivity contribution in [2.24, 2.45) is 11.3 Å². The van der Waals surface area contributed by atoms with E-state index in [4.69, 9.17) is 9.47 Å². The Bertz CT molecular complexity index is 784. The smallest absolute Gasteiger partial charge is 0.410 e. The van der Waals surface area contributed by atoms with Gasteiger partial charge in [0, 0.05) is 38.4 Å². The molecule has 3 fully saturated rings. The number of amides is 2. The number of aromatic nitrogens is 1. The largest absolute Gasteiger partial charge is 0.438 e. The van der Waals surface area contributed by atoms with Crippen molar-refractivity contribution in [2.75, 3.05) is 32.8 Å². The number of piperidine rings is 1. The Hall–Kier alpha value is -2.15. The minimum absolute atomic E-state index is 0.111. The van der Waals surface area contributed by atoms with E-state index in [0.29, 0.717) is 31.0 Å². The third-order valence-electron chi connectivity index (χ3n) is 7.08. The van der Waals surface area contributed by atoms with E-state index in [9.17, 15) is 9.59 Å². The summed E-state index contributed by atoms with van der Waals surface area (Å²) in [7, 11) is 0. The summed E-state index contributed by atoms with van der Waals surface area (Å²) in [5.41, 5.74) is 2.28. The Labute approximate surface area is 178 Å². The van der Waals surface area contributed by atoms with Gasteiger partial charge >= 0.3 is 6.09 Å². The van der Waals surface area contributed by atoms with Crippen molar-refractivity contribution in [1.82, 2.24) is 15.2 Å². The second-order valence-electron chi connectivity index (χ2n) is 9.36. The van der Waals surface area contributed by atoms with Crippen LogP contribution in [0.1, 0.15) is 50.7 Å². The Kier molecular flexibility index (Phi) is 6.00. The molecule has 164 valence electrons. The molecule has 0 bridgehead atoms. The van der Waals surface area contributed by atoms with Gasteiger partial charge in [-0.15, -0.1) is 0 Å². The van der Waals surface area contributed by atoms with E-state index in [1.54, 1.807) is 0 Å². The second kappa shape index (κ2) is 8.53. The lowest BCUT2D eigenvalue weighted by Crippen LogP contribution is -2.53. The third-order valence-corrected chi connectivity index (χ3v) is 7.08. The first-order chi connectivity index (χ1) is 14.4. The third kappa shape index (κ3) is 4.61. The maximum atomic E-state index is 12.4. The highest BCUT2D eigenvalue weighted by molar-refractivity contribution is 5.76. The maximum Gasteiger partial charge on any atom is 0.410 e. The van der Waals surface area contributed by atoms with Crippen molar-refractivity contribution in [1.29, 1.82) is 0 Å². The van der Waals surface area contributed by atoms with Crippen LogP contribution in [0.2, 0.25) is 0 Å². The topological polar surface area (TPSA) is 80.8 Å². The molecular formula is C23H33N3O4. The van der Waals surface area contributed by atoms with Gasteiger partial charge in [0.1, 0.15) is 0 Å². The van der Waals surface area contributed by atoms with E-state index in [1.165, 1.54) is 11.1 Å². The van der Waals surface area contributed by atoms with Crippen LogP contribution >= 0.6 is 0 Å². The van der Waals surface area contributed by atoms with Crippen LogP contribution in [0, 0.1) is 11.3 Å². The summed E-state index contributed by atoms with van der Waals surface area (Å²) in [6.07, 6.45) is 8.78. The van der Waals surface area contributed by atoms with Crippen molar-refractivity contribution in [3.63, 3.8) is 0 Å². The standard InChI is InChI=1S/C23H33N3O4/c1-3-17-6-9-24-13-18(17)4-5-20(27)25-14-19-12-23(19)7-10-26(11-8-23)21(28)30-22(2)15-29-16-22/h6,9,13,19H,3-5,7-8,10-12,14-16H2,1-2H3,(H,25,27). The number of nitrogens with one attached hydrogen (secondary N) is 1. The quantitative estimate of drug-likeness (QED) is 0.741. The molecule has 2 amide bonds. The maximum absolute atomic E-state index is 12.4. The fourth-order valence-corrected chi connectivity index (χ4v) is 4.79. The summed E-state index contributed by atoms with van der Waals surface area (Å²) >= 11 is 0. The molecule has 7 nitrogen and oxygen atoms in total. The number of hydrogen-bond acceptors (Lipinski definition) is 5. The molecule has 2 aliphatic heterocycles. The van der Waals surface area contributed by atoms with E-state index in [0.717, 1.165) is 51.7 Å². The monoisotopic (exact) mass is 415 g/mol. The van der Waals surface area contributed by atoms with Gasteiger partial charge in [-0.05, 0) is 67.6 Å². The van der Waals surface area contributed by atoms with E-state index in [-0.39, 0.29) is 12.0 Å². The number of carbonyl (C=O) groups is 2. The van der Waals surface area contributed by atoms with Gasteiger partial charge in [-0.3, -0.25) is 9.78 Å². The first-order valence-corrected chi connectivity index (χ1v) is 11.2. The molecule has 1 aromatic heterocycles. The zero-order valence-electron chi connectivity index (χ0n) is 18.1. The first-order valence-electron chi connectivity index (χ1n) is 11.2.